The molecule has 0 fully saturated rings. The van der Waals surface area contributed by atoms with Crippen LogP contribution < -0.4 is 8.92 Å². The van der Waals surface area contributed by atoms with Crippen molar-refractivity contribution >= 4 is 59.1 Å². The minimum Gasteiger partial charge on any atom is -0.490 e. The molecule has 11 nitrogen and oxygen atoms in total. The van der Waals surface area contributed by atoms with Gasteiger partial charge in [-0.2, -0.15) is 18.4 Å². The number of hydrogen-bond donors (Lipinski definition) is 1. The van der Waals surface area contributed by atoms with Gasteiger partial charge in [0.25, 0.3) is 5.91 Å². The molecule has 188 valence electrons. The molecule has 1 amide bonds. The van der Waals surface area contributed by atoms with E-state index in [1.807, 2.05) is 0 Å². The van der Waals surface area contributed by atoms with Crippen LogP contribution in [0.1, 0.15) is 19.4 Å². The average Bonchev–Trinajstić information content (AvgIpc) is 3.29. The van der Waals surface area contributed by atoms with Gasteiger partial charge in [0.15, 0.2) is 17.3 Å². The average molecular weight is 549 g/mol. The lowest BCUT2D eigenvalue weighted by atomic mass is 10.1. The maximum absolute atomic E-state index is 12.6. The highest BCUT2D eigenvalue weighted by molar-refractivity contribution is 8.42. The molecule has 0 bridgehead atoms. The summed E-state index contributed by atoms with van der Waals surface area (Å²) in [5.41, 5.74) is 0.262. The molecule has 14 heteroatoms. The van der Waals surface area contributed by atoms with Crippen LogP contribution in [0.5, 0.6) is 11.5 Å². The van der Waals surface area contributed by atoms with Crippen LogP contribution in [-0.4, -0.2) is 55.5 Å². The predicted molar refractivity (Wildman–Crippen MR) is 136 cm³/mol. The highest BCUT2D eigenvalue weighted by Crippen LogP contribution is 2.34. The van der Waals surface area contributed by atoms with Gasteiger partial charge in [-0.15, -0.1) is 5.10 Å². The first-order valence-electron chi connectivity index (χ1n) is 10.5. The predicted octanol–water partition coefficient (Wildman–Crippen LogP) is 2.86. The Hall–Kier alpha value is -3.49. The monoisotopic (exact) mass is 548 g/mol. The topological polar surface area (TPSA) is 156 Å². The third kappa shape index (κ3) is 5.05. The van der Waals surface area contributed by atoms with Crippen molar-refractivity contribution in [3.63, 3.8) is 0 Å². The van der Waals surface area contributed by atoms with E-state index in [1.54, 1.807) is 25.1 Å². The summed E-state index contributed by atoms with van der Waals surface area (Å²) >= 11 is 0.712. The van der Waals surface area contributed by atoms with Gasteiger partial charge >= 0.3 is 10.1 Å². The van der Waals surface area contributed by atoms with Crippen LogP contribution in [0.3, 0.4) is 0 Å². The minimum absolute atomic E-state index is 0.0148. The second-order valence-corrected chi connectivity index (χ2v) is 12.2. The number of aliphatic imine (C=N–C) groups is 1. The molecule has 0 saturated carbocycles. The molecule has 2 aromatic carbocycles. The van der Waals surface area contributed by atoms with E-state index in [4.69, 9.17) is 14.3 Å². The molecule has 2 aliphatic heterocycles. The zero-order valence-corrected chi connectivity index (χ0v) is 21.5. The number of benzene rings is 2. The summed E-state index contributed by atoms with van der Waals surface area (Å²) in [6.07, 6.45) is 1.36. The van der Waals surface area contributed by atoms with Gasteiger partial charge in [0.1, 0.15) is 4.90 Å². The van der Waals surface area contributed by atoms with Crippen LogP contribution >= 0.6 is 11.8 Å². The van der Waals surface area contributed by atoms with Crippen molar-refractivity contribution in [2.75, 3.05) is 12.4 Å². The van der Waals surface area contributed by atoms with E-state index in [1.165, 1.54) is 43.3 Å². The van der Waals surface area contributed by atoms with Gasteiger partial charge in [-0.1, -0.05) is 31.2 Å². The number of rotatable bonds is 7. The summed E-state index contributed by atoms with van der Waals surface area (Å²) in [4.78, 5) is 16.5. The number of carbonyl (C=O) groups excluding carboxylic acids is 1. The normalized spacial score (nSPS) is 17.1. The molecule has 0 atom stereocenters. The Morgan fingerprint density at radius 1 is 1.06 bits per heavy atom. The van der Waals surface area contributed by atoms with Crippen LogP contribution in [0.2, 0.25) is 0 Å². The fraction of sp³-hybridized carbons (Fsp3) is 0.182. The Morgan fingerprint density at radius 2 is 1.78 bits per heavy atom. The van der Waals surface area contributed by atoms with Gasteiger partial charge in [-0.3, -0.25) is 10.2 Å². The molecule has 2 aromatic rings. The standard InChI is InChI=1S/C22H20N4O7S3/c1-3-32-18-13-14(10-11-17(18)33-36(30,31)15-8-6-5-7-9-15)12-16-19(23)26-21(24-20(16)27)34-22(25-26)35(28,29)4-2/h5-13,23H,3-4H2,1-2H3/b16-12+,23-19?. The number of hydrogen-bond acceptors (Lipinski definition) is 10. The zero-order chi connectivity index (χ0) is 26.1. The highest BCUT2D eigenvalue weighted by atomic mass is 32.3. The van der Waals surface area contributed by atoms with Gasteiger partial charge < -0.3 is 8.92 Å². The highest BCUT2D eigenvalue weighted by Gasteiger charge is 2.39. The summed E-state index contributed by atoms with van der Waals surface area (Å²) in [5, 5.41) is 13.3. The number of fused-ring (bicyclic) bond motifs is 1. The molecule has 2 heterocycles. The molecule has 0 saturated heterocycles. The number of thioether (sulfide) groups is 1. The van der Waals surface area contributed by atoms with Crippen molar-refractivity contribution in [3.05, 3.63) is 59.7 Å². The Kier molecular flexibility index (Phi) is 7.02. The first-order chi connectivity index (χ1) is 17.1. The van der Waals surface area contributed by atoms with Crippen molar-refractivity contribution < 1.29 is 30.6 Å². The van der Waals surface area contributed by atoms with Gasteiger partial charge in [0, 0.05) is 0 Å². The fourth-order valence-electron chi connectivity index (χ4n) is 3.10. The summed E-state index contributed by atoms with van der Waals surface area (Å²) in [7, 11) is -7.76. The number of sulfone groups is 1. The molecule has 1 N–H and O–H groups in total. The van der Waals surface area contributed by atoms with Gasteiger partial charge in [-0.05, 0) is 54.6 Å². The lowest BCUT2D eigenvalue weighted by molar-refractivity contribution is -0.114. The Balaban J connectivity index is 1.66. The SMILES string of the molecule is CCOc1cc(/C=C2\C(=N)N3N=C(S(=O)(=O)CC)SC3=NC2=O)ccc1OS(=O)(=O)c1ccccc1. The zero-order valence-electron chi connectivity index (χ0n) is 19.0. The number of nitrogens with one attached hydrogen (secondary N) is 1. The second kappa shape index (κ2) is 9.87. The van der Waals surface area contributed by atoms with E-state index in [0.29, 0.717) is 17.3 Å². The maximum Gasteiger partial charge on any atom is 0.339 e. The van der Waals surface area contributed by atoms with Crippen LogP contribution in [0, 0.1) is 5.41 Å². The minimum atomic E-state index is -4.12. The van der Waals surface area contributed by atoms with Crippen LogP contribution in [0.4, 0.5) is 0 Å². The van der Waals surface area contributed by atoms with Gasteiger partial charge in [0.05, 0.1) is 17.9 Å². The quantitative estimate of drug-likeness (QED) is 0.406. The molecule has 0 aliphatic carbocycles. The van der Waals surface area contributed by atoms with E-state index in [2.05, 4.69) is 10.1 Å². The van der Waals surface area contributed by atoms with E-state index < -0.39 is 25.9 Å². The number of carbonyl (C=O) groups is 1. The number of ether oxygens (including phenoxy) is 1. The largest absolute Gasteiger partial charge is 0.490 e. The molecule has 0 spiro atoms. The molecule has 0 unspecified atom stereocenters. The molecule has 4 rings (SSSR count). The smallest absolute Gasteiger partial charge is 0.339 e. The number of hydrazone groups is 1. The van der Waals surface area contributed by atoms with E-state index in [9.17, 15) is 21.6 Å². The van der Waals surface area contributed by atoms with Crippen molar-refractivity contribution in [2.24, 2.45) is 10.1 Å². The summed E-state index contributed by atoms with van der Waals surface area (Å²) in [6, 6.07) is 11.9. The first kappa shape index (κ1) is 25.6. The van der Waals surface area contributed by atoms with Crippen LogP contribution in [-0.2, 0) is 24.7 Å². The maximum atomic E-state index is 12.6. The van der Waals surface area contributed by atoms with Crippen molar-refractivity contribution in [1.82, 2.24) is 5.01 Å². The van der Waals surface area contributed by atoms with Crippen molar-refractivity contribution in [2.45, 2.75) is 18.7 Å². The molecule has 0 aromatic heterocycles. The van der Waals surface area contributed by atoms with Crippen LogP contribution in [0.15, 0.2) is 69.1 Å². The lowest BCUT2D eigenvalue weighted by Crippen LogP contribution is -2.35. The molecule has 0 radical (unpaired) electrons. The fourth-order valence-corrected chi connectivity index (χ4v) is 6.22. The molecule has 2 aliphatic rings. The summed E-state index contributed by atoms with van der Waals surface area (Å²) in [5.74, 6) is -1.21. The Morgan fingerprint density at radius 3 is 2.44 bits per heavy atom. The van der Waals surface area contributed by atoms with Gasteiger partial charge in [0.2, 0.25) is 19.4 Å². The van der Waals surface area contributed by atoms with Crippen molar-refractivity contribution in [1.29, 1.82) is 5.41 Å². The molecular weight excluding hydrogens is 528 g/mol. The van der Waals surface area contributed by atoms with Gasteiger partial charge in [-0.25, -0.2) is 8.42 Å². The number of amides is 1. The third-order valence-electron chi connectivity index (χ3n) is 4.89. The third-order valence-corrected chi connectivity index (χ3v) is 9.23. The summed E-state index contributed by atoms with van der Waals surface area (Å²) < 4.78 is 60.2. The first-order valence-corrected chi connectivity index (χ1v) is 14.4. The van der Waals surface area contributed by atoms with E-state index in [0.717, 1.165) is 5.01 Å². The summed E-state index contributed by atoms with van der Waals surface area (Å²) in [6.45, 7) is 3.38. The molecular formula is C22H20N4O7S3. The Bertz CT molecular complexity index is 1550. The second-order valence-electron chi connectivity index (χ2n) is 7.28. The van der Waals surface area contributed by atoms with E-state index in [-0.39, 0.29) is 49.7 Å². The van der Waals surface area contributed by atoms with Crippen LogP contribution in [0.25, 0.3) is 6.08 Å². The number of nitrogens with zero attached hydrogens (tertiary/aromatic N) is 3. The Labute approximate surface area is 212 Å². The lowest BCUT2D eigenvalue weighted by Gasteiger charge is -2.20. The van der Waals surface area contributed by atoms with E-state index >= 15 is 0 Å². The molecule has 36 heavy (non-hydrogen) atoms. The number of amidine groups is 2. The van der Waals surface area contributed by atoms with Crippen molar-refractivity contribution in [3.8, 4) is 11.5 Å².